The summed E-state index contributed by atoms with van der Waals surface area (Å²) in [7, 11) is 0. The van der Waals surface area contributed by atoms with Gasteiger partial charge in [0.25, 0.3) is 5.91 Å². The molecule has 2 aromatic carbocycles. The highest BCUT2D eigenvalue weighted by molar-refractivity contribution is 6.38. The van der Waals surface area contributed by atoms with Crippen molar-refractivity contribution in [3.63, 3.8) is 0 Å². The zero-order valence-corrected chi connectivity index (χ0v) is 16.1. The number of carbonyl (C=O) groups is 2. The molecule has 0 aliphatic carbocycles. The first-order chi connectivity index (χ1) is 14.0. The molecule has 2 N–H and O–H groups in total. The summed E-state index contributed by atoms with van der Waals surface area (Å²) in [6.07, 6.45) is -1.21. The lowest BCUT2D eigenvalue weighted by molar-refractivity contribution is -0.125. The predicted molar refractivity (Wildman–Crippen MR) is 108 cm³/mol. The SMILES string of the molecule is Cc1cc(NC(=O)C(OC(=O)c2[nH]c3ccccc3c2Cl)c2ccccc2)no1. The number of rotatable bonds is 5. The number of nitrogens with zero attached hydrogens (tertiary/aromatic N) is 1. The van der Waals surface area contributed by atoms with E-state index in [9.17, 15) is 9.59 Å². The largest absolute Gasteiger partial charge is 0.443 e. The summed E-state index contributed by atoms with van der Waals surface area (Å²) in [6, 6.07) is 17.5. The molecule has 1 atom stereocenters. The molecule has 0 fully saturated rings. The number of hydrogen-bond acceptors (Lipinski definition) is 5. The number of amides is 1. The highest BCUT2D eigenvalue weighted by Gasteiger charge is 2.28. The van der Waals surface area contributed by atoms with Crippen LogP contribution in [0.25, 0.3) is 10.9 Å². The summed E-state index contributed by atoms with van der Waals surface area (Å²) < 4.78 is 10.5. The first kappa shape index (κ1) is 18.8. The van der Waals surface area contributed by atoms with Crippen LogP contribution in [0.3, 0.4) is 0 Å². The number of aromatic nitrogens is 2. The Hall–Kier alpha value is -3.58. The minimum absolute atomic E-state index is 0.0823. The maximum Gasteiger partial charge on any atom is 0.357 e. The van der Waals surface area contributed by atoms with Gasteiger partial charge in [0.15, 0.2) is 5.82 Å². The fourth-order valence-electron chi connectivity index (χ4n) is 2.93. The number of nitrogens with one attached hydrogen (secondary N) is 2. The first-order valence-electron chi connectivity index (χ1n) is 8.79. The Morgan fingerprint density at radius 1 is 1.14 bits per heavy atom. The van der Waals surface area contributed by atoms with Crippen molar-refractivity contribution >= 4 is 40.2 Å². The molecular formula is C21H16ClN3O4. The molecule has 0 aliphatic rings. The van der Waals surface area contributed by atoms with Gasteiger partial charge in [0.2, 0.25) is 6.10 Å². The number of hydrogen-bond donors (Lipinski definition) is 2. The van der Waals surface area contributed by atoms with Gasteiger partial charge >= 0.3 is 5.97 Å². The third-order valence-electron chi connectivity index (χ3n) is 4.29. The lowest BCUT2D eigenvalue weighted by atomic mass is 10.1. The van der Waals surface area contributed by atoms with Crippen LogP contribution in [0.4, 0.5) is 5.82 Å². The van der Waals surface area contributed by atoms with E-state index >= 15 is 0 Å². The van der Waals surface area contributed by atoms with Crippen LogP contribution in [0.15, 0.2) is 65.2 Å². The maximum absolute atomic E-state index is 12.8. The molecule has 1 unspecified atom stereocenters. The van der Waals surface area contributed by atoms with Crippen LogP contribution in [0, 0.1) is 6.92 Å². The van der Waals surface area contributed by atoms with Gasteiger partial charge in [-0.05, 0) is 13.0 Å². The predicted octanol–water partition coefficient (Wildman–Crippen LogP) is 4.65. The number of fused-ring (bicyclic) bond motifs is 1. The van der Waals surface area contributed by atoms with E-state index < -0.39 is 18.0 Å². The number of esters is 1. The molecular weight excluding hydrogens is 394 g/mol. The van der Waals surface area contributed by atoms with Gasteiger partial charge in [0.1, 0.15) is 11.5 Å². The molecule has 2 heterocycles. The molecule has 4 rings (SSSR count). The number of anilines is 1. The topological polar surface area (TPSA) is 97.2 Å². The number of aromatic amines is 1. The molecule has 0 radical (unpaired) electrons. The van der Waals surface area contributed by atoms with Gasteiger partial charge in [-0.15, -0.1) is 0 Å². The van der Waals surface area contributed by atoms with Crippen molar-refractivity contribution in [2.75, 3.05) is 5.32 Å². The number of H-pyrrole nitrogens is 1. The van der Waals surface area contributed by atoms with Crippen LogP contribution in [-0.4, -0.2) is 22.0 Å². The summed E-state index contributed by atoms with van der Waals surface area (Å²) >= 11 is 6.34. The third-order valence-corrected chi connectivity index (χ3v) is 4.68. The van der Waals surface area contributed by atoms with E-state index in [4.69, 9.17) is 20.9 Å². The number of ether oxygens (including phenoxy) is 1. The molecule has 1 amide bonds. The number of carbonyl (C=O) groups excluding carboxylic acids is 2. The monoisotopic (exact) mass is 409 g/mol. The minimum Gasteiger partial charge on any atom is -0.443 e. The van der Waals surface area contributed by atoms with Gasteiger partial charge in [-0.2, -0.15) is 0 Å². The standard InChI is InChI=1S/C21H16ClN3O4/c1-12-11-16(25-29-12)24-20(26)19(13-7-3-2-4-8-13)28-21(27)18-17(22)14-9-5-6-10-15(14)23-18/h2-11,19,23H,1H3,(H,24,25,26). The maximum atomic E-state index is 12.8. The molecule has 2 aromatic heterocycles. The Bertz CT molecular complexity index is 1180. The summed E-state index contributed by atoms with van der Waals surface area (Å²) in [6.45, 7) is 1.70. The van der Waals surface area contributed by atoms with Crippen molar-refractivity contribution in [1.82, 2.24) is 10.1 Å². The Labute approximate surface area is 170 Å². The third kappa shape index (κ3) is 3.86. The molecule has 8 heteroatoms. The molecule has 0 spiro atoms. The van der Waals surface area contributed by atoms with Crippen molar-refractivity contribution < 1.29 is 18.8 Å². The van der Waals surface area contributed by atoms with Gasteiger partial charge in [-0.25, -0.2) is 4.79 Å². The summed E-state index contributed by atoms with van der Waals surface area (Å²) in [5, 5.41) is 7.27. The van der Waals surface area contributed by atoms with E-state index in [0.717, 1.165) is 0 Å². The second kappa shape index (κ2) is 7.81. The lowest BCUT2D eigenvalue weighted by Gasteiger charge is -2.17. The van der Waals surface area contributed by atoms with Crippen LogP contribution in [0.2, 0.25) is 5.02 Å². The Kier molecular flexibility index (Phi) is 5.05. The second-order valence-corrected chi connectivity index (χ2v) is 6.75. The van der Waals surface area contributed by atoms with Crippen molar-refractivity contribution in [2.24, 2.45) is 0 Å². The zero-order chi connectivity index (χ0) is 20.4. The molecule has 0 saturated carbocycles. The van der Waals surface area contributed by atoms with Crippen LogP contribution in [0.1, 0.15) is 27.9 Å². The number of para-hydroxylation sites is 1. The van der Waals surface area contributed by atoms with Gasteiger partial charge in [-0.3, -0.25) is 4.79 Å². The van der Waals surface area contributed by atoms with Crippen LogP contribution >= 0.6 is 11.6 Å². The van der Waals surface area contributed by atoms with Gasteiger partial charge in [0, 0.05) is 22.5 Å². The molecule has 0 aliphatic heterocycles. The molecule has 29 heavy (non-hydrogen) atoms. The number of halogens is 1. The highest BCUT2D eigenvalue weighted by Crippen LogP contribution is 2.29. The van der Waals surface area contributed by atoms with Crippen LogP contribution in [0.5, 0.6) is 0 Å². The molecule has 7 nitrogen and oxygen atoms in total. The van der Waals surface area contributed by atoms with Crippen LogP contribution in [-0.2, 0) is 9.53 Å². The second-order valence-electron chi connectivity index (χ2n) is 6.37. The van der Waals surface area contributed by atoms with E-state index in [2.05, 4.69) is 15.5 Å². The van der Waals surface area contributed by atoms with E-state index in [0.29, 0.717) is 22.2 Å². The molecule has 0 saturated heterocycles. The van der Waals surface area contributed by atoms with Gasteiger partial charge < -0.3 is 19.6 Å². The van der Waals surface area contributed by atoms with E-state index in [1.54, 1.807) is 55.5 Å². The molecule has 0 bridgehead atoms. The normalized spacial score (nSPS) is 11.9. The summed E-state index contributed by atoms with van der Waals surface area (Å²) in [4.78, 5) is 28.6. The Balaban J connectivity index is 1.63. The van der Waals surface area contributed by atoms with E-state index in [-0.39, 0.29) is 16.5 Å². The quantitative estimate of drug-likeness (QED) is 0.467. The van der Waals surface area contributed by atoms with Crippen molar-refractivity contribution in [1.29, 1.82) is 0 Å². The highest BCUT2D eigenvalue weighted by atomic mass is 35.5. The summed E-state index contributed by atoms with van der Waals surface area (Å²) in [5.41, 5.74) is 1.29. The fraction of sp³-hybridized carbons (Fsp3) is 0.0952. The average molecular weight is 410 g/mol. The van der Waals surface area contributed by atoms with E-state index in [1.807, 2.05) is 12.1 Å². The van der Waals surface area contributed by atoms with Gasteiger partial charge in [0.05, 0.1) is 5.02 Å². The fourth-order valence-corrected chi connectivity index (χ4v) is 3.22. The number of benzene rings is 2. The molecule has 4 aromatic rings. The van der Waals surface area contributed by atoms with E-state index in [1.165, 1.54) is 0 Å². The Morgan fingerprint density at radius 3 is 2.55 bits per heavy atom. The minimum atomic E-state index is -1.21. The zero-order valence-electron chi connectivity index (χ0n) is 15.3. The van der Waals surface area contributed by atoms with Crippen molar-refractivity contribution in [3.8, 4) is 0 Å². The van der Waals surface area contributed by atoms with Crippen LogP contribution < -0.4 is 5.32 Å². The summed E-state index contributed by atoms with van der Waals surface area (Å²) in [5.74, 6) is -0.539. The number of aryl methyl sites for hydroxylation is 1. The Morgan fingerprint density at radius 2 is 1.86 bits per heavy atom. The first-order valence-corrected chi connectivity index (χ1v) is 9.17. The van der Waals surface area contributed by atoms with Crippen molar-refractivity contribution in [3.05, 3.63) is 82.7 Å². The smallest absolute Gasteiger partial charge is 0.357 e. The van der Waals surface area contributed by atoms with Crippen molar-refractivity contribution in [2.45, 2.75) is 13.0 Å². The van der Waals surface area contributed by atoms with Gasteiger partial charge in [-0.1, -0.05) is 65.3 Å². The lowest BCUT2D eigenvalue weighted by Crippen LogP contribution is -2.26. The molecule has 146 valence electrons. The average Bonchev–Trinajstić information content (AvgIpc) is 3.29.